The lowest BCUT2D eigenvalue weighted by Gasteiger charge is -2.14. The maximum atomic E-state index is 12.6. The minimum Gasteiger partial charge on any atom is -0.349 e. The van der Waals surface area contributed by atoms with Gasteiger partial charge in [-0.05, 0) is 49.2 Å². The van der Waals surface area contributed by atoms with Crippen LogP contribution in [-0.4, -0.2) is 44.7 Å². The first-order chi connectivity index (χ1) is 13.2. The first-order valence-electron chi connectivity index (χ1n) is 8.63. The van der Waals surface area contributed by atoms with Gasteiger partial charge in [-0.25, -0.2) is 12.7 Å². The number of anilines is 1. The molecule has 2 amide bonds. The van der Waals surface area contributed by atoms with Crippen LogP contribution in [0.5, 0.6) is 0 Å². The fourth-order valence-corrected chi connectivity index (χ4v) is 3.87. The van der Waals surface area contributed by atoms with Gasteiger partial charge in [0.1, 0.15) is 4.90 Å². The monoisotopic (exact) mass is 421 g/mol. The van der Waals surface area contributed by atoms with Crippen molar-refractivity contribution in [3.05, 3.63) is 58.6 Å². The number of hydrogen-bond acceptors (Lipinski definition) is 4. The van der Waals surface area contributed by atoms with Crippen molar-refractivity contribution in [1.29, 1.82) is 0 Å². The summed E-state index contributed by atoms with van der Waals surface area (Å²) < 4.78 is 25.8. The number of sulfonamides is 1. The first-order valence-corrected chi connectivity index (χ1v) is 10.4. The van der Waals surface area contributed by atoms with E-state index in [2.05, 4.69) is 10.6 Å². The summed E-state index contributed by atoms with van der Waals surface area (Å²) in [7, 11) is -1.02. The van der Waals surface area contributed by atoms with Crippen LogP contribution < -0.4 is 10.6 Å². The molecule has 0 aromatic heterocycles. The Hall–Kier alpha value is -2.42. The van der Waals surface area contributed by atoms with Crippen LogP contribution in [0.3, 0.4) is 0 Å². The average Bonchev–Trinajstić information content (AvgIpc) is 3.46. The van der Waals surface area contributed by atoms with Crippen molar-refractivity contribution in [2.45, 2.75) is 23.8 Å². The zero-order valence-corrected chi connectivity index (χ0v) is 17.0. The highest BCUT2D eigenvalue weighted by atomic mass is 35.5. The highest BCUT2D eigenvalue weighted by Gasteiger charge is 2.24. The molecule has 2 N–H and O–H groups in total. The van der Waals surface area contributed by atoms with Crippen molar-refractivity contribution in [2.24, 2.45) is 0 Å². The Morgan fingerprint density at radius 2 is 1.71 bits per heavy atom. The molecule has 1 aliphatic carbocycles. The number of benzene rings is 2. The molecule has 148 valence electrons. The molecule has 0 atom stereocenters. The number of amides is 2. The summed E-state index contributed by atoms with van der Waals surface area (Å²) in [6.45, 7) is 0. The molecule has 2 aromatic carbocycles. The number of rotatable bonds is 6. The number of nitrogens with zero attached hydrogens (tertiary/aromatic N) is 1. The summed E-state index contributed by atoms with van der Waals surface area (Å²) >= 11 is 6.01. The van der Waals surface area contributed by atoms with Crippen molar-refractivity contribution in [3.8, 4) is 0 Å². The molecule has 9 heteroatoms. The topological polar surface area (TPSA) is 95.6 Å². The summed E-state index contributed by atoms with van der Waals surface area (Å²) in [6, 6.07) is 10.8. The van der Waals surface area contributed by atoms with Crippen molar-refractivity contribution >= 4 is 39.1 Å². The smallest absolute Gasteiger partial charge is 0.255 e. The Morgan fingerprint density at radius 1 is 1.04 bits per heavy atom. The van der Waals surface area contributed by atoms with Gasteiger partial charge in [-0.2, -0.15) is 0 Å². The second-order valence-electron chi connectivity index (χ2n) is 6.72. The SMILES string of the molecule is CN(C)S(=O)(=O)c1cc(C(=O)Nc2cccc(C(=O)NC3CC3)c2)ccc1Cl. The zero-order chi connectivity index (χ0) is 20.5. The molecule has 0 radical (unpaired) electrons. The number of carbonyl (C=O) groups is 2. The minimum absolute atomic E-state index is 0.0315. The minimum atomic E-state index is -3.79. The number of halogens is 1. The van der Waals surface area contributed by atoms with Gasteiger partial charge in [-0.15, -0.1) is 0 Å². The van der Waals surface area contributed by atoms with Crippen LogP contribution in [0.1, 0.15) is 33.6 Å². The quantitative estimate of drug-likeness (QED) is 0.749. The Bertz CT molecular complexity index is 1030. The predicted octanol–water partition coefficient (Wildman–Crippen LogP) is 2.73. The molecule has 0 heterocycles. The molecule has 7 nitrogen and oxygen atoms in total. The van der Waals surface area contributed by atoms with Gasteiger partial charge in [0.2, 0.25) is 10.0 Å². The molecule has 1 saturated carbocycles. The van der Waals surface area contributed by atoms with E-state index in [4.69, 9.17) is 11.6 Å². The molecule has 1 fully saturated rings. The predicted molar refractivity (Wildman–Crippen MR) is 107 cm³/mol. The lowest BCUT2D eigenvalue weighted by molar-refractivity contribution is 0.0949. The van der Waals surface area contributed by atoms with Gasteiger partial charge in [0.25, 0.3) is 11.8 Å². The van der Waals surface area contributed by atoms with Gasteiger partial charge in [-0.1, -0.05) is 17.7 Å². The zero-order valence-electron chi connectivity index (χ0n) is 15.4. The molecule has 28 heavy (non-hydrogen) atoms. The van der Waals surface area contributed by atoms with E-state index < -0.39 is 15.9 Å². The summed E-state index contributed by atoms with van der Waals surface area (Å²) in [5, 5.41) is 5.60. The average molecular weight is 422 g/mol. The van der Waals surface area contributed by atoms with E-state index in [-0.39, 0.29) is 27.4 Å². The summed E-state index contributed by atoms with van der Waals surface area (Å²) in [6.07, 6.45) is 1.97. The van der Waals surface area contributed by atoms with Crippen LogP contribution in [0, 0.1) is 0 Å². The van der Waals surface area contributed by atoms with Crippen LogP contribution >= 0.6 is 11.6 Å². The Kier molecular flexibility index (Phi) is 5.74. The van der Waals surface area contributed by atoms with Crippen molar-refractivity contribution in [1.82, 2.24) is 9.62 Å². The van der Waals surface area contributed by atoms with E-state index in [0.717, 1.165) is 17.1 Å². The summed E-state index contributed by atoms with van der Waals surface area (Å²) in [5.74, 6) is -0.698. The molecular formula is C19H20ClN3O4S. The first kappa shape index (κ1) is 20.3. The molecule has 0 spiro atoms. The van der Waals surface area contributed by atoms with Crippen molar-refractivity contribution in [3.63, 3.8) is 0 Å². The fourth-order valence-electron chi connectivity index (χ4n) is 2.48. The Balaban J connectivity index is 1.81. The van der Waals surface area contributed by atoms with Crippen molar-refractivity contribution in [2.75, 3.05) is 19.4 Å². The highest BCUT2D eigenvalue weighted by molar-refractivity contribution is 7.89. The third kappa shape index (κ3) is 4.52. The van der Waals surface area contributed by atoms with Crippen LogP contribution in [-0.2, 0) is 10.0 Å². The normalized spacial score (nSPS) is 14.0. The molecule has 0 saturated heterocycles. The maximum absolute atomic E-state index is 12.6. The number of carbonyl (C=O) groups excluding carboxylic acids is 2. The lowest BCUT2D eigenvalue weighted by Crippen LogP contribution is -2.25. The van der Waals surface area contributed by atoms with Gasteiger partial charge < -0.3 is 10.6 Å². The van der Waals surface area contributed by atoms with E-state index in [9.17, 15) is 18.0 Å². The van der Waals surface area contributed by atoms with Gasteiger partial charge in [0.05, 0.1) is 5.02 Å². The summed E-state index contributed by atoms with van der Waals surface area (Å²) in [4.78, 5) is 24.6. The highest BCUT2D eigenvalue weighted by Crippen LogP contribution is 2.25. The van der Waals surface area contributed by atoms with E-state index in [1.165, 1.54) is 32.3 Å². The van der Waals surface area contributed by atoms with Gasteiger partial charge in [0, 0.05) is 37.0 Å². The lowest BCUT2D eigenvalue weighted by atomic mass is 10.1. The molecular weight excluding hydrogens is 402 g/mol. The molecule has 0 aliphatic heterocycles. The van der Waals surface area contributed by atoms with Gasteiger partial charge in [-0.3, -0.25) is 9.59 Å². The van der Waals surface area contributed by atoms with Crippen LogP contribution in [0.4, 0.5) is 5.69 Å². The van der Waals surface area contributed by atoms with E-state index >= 15 is 0 Å². The second-order valence-corrected chi connectivity index (χ2v) is 9.24. The van der Waals surface area contributed by atoms with Gasteiger partial charge in [0.15, 0.2) is 0 Å². The molecule has 0 bridgehead atoms. The molecule has 2 aromatic rings. The van der Waals surface area contributed by atoms with E-state index in [0.29, 0.717) is 11.3 Å². The largest absolute Gasteiger partial charge is 0.349 e. The third-order valence-corrected chi connectivity index (χ3v) is 6.54. The Morgan fingerprint density at radius 3 is 2.36 bits per heavy atom. The molecule has 1 aliphatic rings. The fraction of sp³-hybridized carbons (Fsp3) is 0.263. The van der Waals surface area contributed by atoms with Crippen LogP contribution in [0.15, 0.2) is 47.4 Å². The Labute approximate surface area is 168 Å². The molecule has 0 unspecified atom stereocenters. The van der Waals surface area contributed by atoms with Gasteiger partial charge >= 0.3 is 0 Å². The second kappa shape index (κ2) is 7.90. The van der Waals surface area contributed by atoms with E-state index in [1.54, 1.807) is 24.3 Å². The standard InChI is InChI=1S/C19H20ClN3O4S/c1-23(2)28(26,27)17-11-13(6-9-16(17)20)19(25)22-15-5-3-4-12(10-15)18(24)21-14-7-8-14/h3-6,9-11,14H,7-8H2,1-2H3,(H,21,24)(H,22,25). The van der Waals surface area contributed by atoms with E-state index in [1.807, 2.05) is 0 Å². The van der Waals surface area contributed by atoms with Crippen LogP contribution in [0.25, 0.3) is 0 Å². The summed E-state index contributed by atoms with van der Waals surface area (Å²) in [5.41, 5.74) is 1.01. The van der Waals surface area contributed by atoms with Crippen molar-refractivity contribution < 1.29 is 18.0 Å². The number of nitrogens with one attached hydrogen (secondary N) is 2. The molecule has 3 rings (SSSR count). The van der Waals surface area contributed by atoms with Crippen LogP contribution in [0.2, 0.25) is 5.02 Å². The number of hydrogen-bond donors (Lipinski definition) is 2. The maximum Gasteiger partial charge on any atom is 0.255 e. The third-order valence-electron chi connectivity index (χ3n) is 4.25.